The molecule has 0 aliphatic carbocycles. The molecule has 11 heteroatoms. The number of halogens is 3. The van der Waals surface area contributed by atoms with Crippen LogP contribution < -0.4 is 14.2 Å². The summed E-state index contributed by atoms with van der Waals surface area (Å²) in [6.45, 7) is -0.0999. The predicted molar refractivity (Wildman–Crippen MR) is 101 cm³/mol. The quantitative estimate of drug-likeness (QED) is 0.571. The van der Waals surface area contributed by atoms with Crippen LogP contribution in [0.2, 0.25) is 0 Å². The lowest BCUT2D eigenvalue weighted by molar-refractivity contribution is -0.275. The van der Waals surface area contributed by atoms with Crippen LogP contribution in [0.5, 0.6) is 11.5 Å². The molecule has 2 aromatic carbocycles. The van der Waals surface area contributed by atoms with Gasteiger partial charge in [0.15, 0.2) is 0 Å². The molecule has 0 atom stereocenters. The fourth-order valence-electron chi connectivity index (χ4n) is 2.56. The Bertz CT molecular complexity index is 1100. The number of sulfonamides is 1. The summed E-state index contributed by atoms with van der Waals surface area (Å²) in [6.07, 6.45) is -3.46. The first-order valence-corrected chi connectivity index (χ1v) is 10.1. The lowest BCUT2D eigenvalue weighted by Crippen LogP contribution is -2.27. The standard InChI is InChI=1S/C19H17F3N2O5S/c1-27-15-8-6-13(7-9-15)18-24-14(12-28-18)10-11-23-30(25,26)17-5-3-2-4-16(17)29-19(20,21)22/h2-9,12,23H,10-11H2,1H3. The van der Waals surface area contributed by atoms with Gasteiger partial charge in [0.05, 0.1) is 12.8 Å². The van der Waals surface area contributed by atoms with E-state index in [2.05, 4.69) is 14.4 Å². The van der Waals surface area contributed by atoms with Gasteiger partial charge in [-0.15, -0.1) is 13.2 Å². The van der Waals surface area contributed by atoms with Crippen LogP contribution in [-0.2, 0) is 16.4 Å². The lowest BCUT2D eigenvalue weighted by Gasteiger charge is -2.13. The number of alkyl halides is 3. The minimum absolute atomic E-state index is 0.0999. The Labute approximate surface area is 170 Å². The van der Waals surface area contributed by atoms with Crippen LogP contribution in [0.15, 0.2) is 64.1 Å². The number of hydrogen-bond acceptors (Lipinski definition) is 6. The fourth-order valence-corrected chi connectivity index (χ4v) is 3.72. The lowest BCUT2D eigenvalue weighted by atomic mass is 10.2. The van der Waals surface area contributed by atoms with Crippen LogP contribution in [0, 0.1) is 0 Å². The number of aromatic nitrogens is 1. The van der Waals surface area contributed by atoms with E-state index in [0.29, 0.717) is 22.9 Å². The van der Waals surface area contributed by atoms with Gasteiger partial charge in [0.2, 0.25) is 15.9 Å². The van der Waals surface area contributed by atoms with Gasteiger partial charge in [-0.05, 0) is 36.4 Å². The number of hydrogen-bond donors (Lipinski definition) is 1. The highest BCUT2D eigenvalue weighted by Crippen LogP contribution is 2.29. The number of nitrogens with one attached hydrogen (secondary N) is 1. The van der Waals surface area contributed by atoms with Crippen molar-refractivity contribution in [1.82, 2.24) is 9.71 Å². The number of benzene rings is 2. The third-order valence-corrected chi connectivity index (χ3v) is 5.43. The summed E-state index contributed by atoms with van der Waals surface area (Å²) in [5.41, 5.74) is 1.18. The third kappa shape index (κ3) is 5.51. The molecule has 0 fully saturated rings. The van der Waals surface area contributed by atoms with Gasteiger partial charge >= 0.3 is 6.36 Å². The highest BCUT2D eigenvalue weighted by Gasteiger charge is 2.33. The van der Waals surface area contributed by atoms with E-state index in [-0.39, 0.29) is 13.0 Å². The van der Waals surface area contributed by atoms with Gasteiger partial charge in [-0.25, -0.2) is 18.1 Å². The van der Waals surface area contributed by atoms with Crippen molar-refractivity contribution in [3.63, 3.8) is 0 Å². The Morgan fingerprint density at radius 1 is 1.10 bits per heavy atom. The summed E-state index contributed by atoms with van der Waals surface area (Å²) in [5.74, 6) is 0.217. The molecule has 0 saturated heterocycles. The molecule has 160 valence electrons. The summed E-state index contributed by atoms with van der Waals surface area (Å²) in [7, 11) is -2.69. The Morgan fingerprint density at radius 2 is 1.80 bits per heavy atom. The molecule has 3 rings (SSSR count). The SMILES string of the molecule is COc1ccc(-c2nc(CCNS(=O)(=O)c3ccccc3OC(F)(F)F)co2)cc1. The Morgan fingerprint density at radius 3 is 2.47 bits per heavy atom. The maximum Gasteiger partial charge on any atom is 0.573 e. The molecule has 0 radical (unpaired) electrons. The van der Waals surface area contributed by atoms with E-state index in [4.69, 9.17) is 9.15 Å². The first kappa shape index (κ1) is 21.7. The molecule has 0 saturated carbocycles. The third-order valence-electron chi connectivity index (χ3n) is 3.93. The Hall–Kier alpha value is -3.05. The number of oxazole rings is 1. The molecular formula is C19H17F3N2O5S. The van der Waals surface area contributed by atoms with Gasteiger partial charge in [0, 0.05) is 18.5 Å². The van der Waals surface area contributed by atoms with Crippen molar-refractivity contribution < 1.29 is 35.5 Å². The van der Waals surface area contributed by atoms with E-state index in [1.165, 1.54) is 18.4 Å². The minimum Gasteiger partial charge on any atom is -0.497 e. The first-order chi connectivity index (χ1) is 14.2. The van der Waals surface area contributed by atoms with Gasteiger partial charge < -0.3 is 13.9 Å². The molecule has 0 aliphatic rings. The van der Waals surface area contributed by atoms with Crippen molar-refractivity contribution in [1.29, 1.82) is 0 Å². The normalized spacial score (nSPS) is 12.0. The van der Waals surface area contributed by atoms with E-state index < -0.39 is 27.0 Å². The van der Waals surface area contributed by atoms with Gasteiger partial charge in [-0.2, -0.15) is 0 Å². The van der Waals surface area contributed by atoms with Gasteiger partial charge in [0.25, 0.3) is 0 Å². The highest BCUT2D eigenvalue weighted by atomic mass is 32.2. The Balaban J connectivity index is 1.65. The summed E-state index contributed by atoms with van der Waals surface area (Å²) in [4.78, 5) is 3.67. The topological polar surface area (TPSA) is 90.7 Å². The van der Waals surface area contributed by atoms with E-state index in [1.807, 2.05) is 0 Å². The first-order valence-electron chi connectivity index (χ1n) is 8.61. The van der Waals surface area contributed by atoms with Crippen LogP contribution in [0.1, 0.15) is 5.69 Å². The number of para-hydroxylation sites is 1. The maximum absolute atomic E-state index is 12.5. The van der Waals surface area contributed by atoms with E-state index >= 15 is 0 Å². The second-order valence-corrected chi connectivity index (χ2v) is 7.75. The summed E-state index contributed by atoms with van der Waals surface area (Å²) >= 11 is 0. The van der Waals surface area contributed by atoms with Crippen LogP contribution in [0.3, 0.4) is 0 Å². The van der Waals surface area contributed by atoms with Gasteiger partial charge in [-0.3, -0.25) is 0 Å². The van der Waals surface area contributed by atoms with Crippen molar-refractivity contribution in [2.75, 3.05) is 13.7 Å². The number of methoxy groups -OCH3 is 1. The Kier molecular flexibility index (Phi) is 6.32. The highest BCUT2D eigenvalue weighted by molar-refractivity contribution is 7.89. The maximum atomic E-state index is 12.5. The molecule has 0 spiro atoms. The molecule has 30 heavy (non-hydrogen) atoms. The van der Waals surface area contributed by atoms with Crippen molar-refractivity contribution in [3.8, 4) is 23.0 Å². The molecule has 1 N–H and O–H groups in total. The minimum atomic E-state index is -5.01. The summed E-state index contributed by atoms with van der Waals surface area (Å²) in [6, 6.07) is 11.5. The fraction of sp³-hybridized carbons (Fsp3) is 0.211. The van der Waals surface area contributed by atoms with Gasteiger partial charge in [0.1, 0.15) is 22.7 Å². The second-order valence-electron chi connectivity index (χ2n) is 6.01. The molecule has 7 nitrogen and oxygen atoms in total. The average Bonchev–Trinajstić information content (AvgIpc) is 3.16. The summed E-state index contributed by atoms with van der Waals surface area (Å²) in [5, 5.41) is 0. The van der Waals surface area contributed by atoms with E-state index in [0.717, 1.165) is 12.1 Å². The molecule has 1 heterocycles. The number of nitrogens with zero attached hydrogens (tertiary/aromatic N) is 1. The molecular weight excluding hydrogens is 425 g/mol. The number of rotatable bonds is 8. The largest absolute Gasteiger partial charge is 0.573 e. The van der Waals surface area contributed by atoms with Gasteiger partial charge in [-0.1, -0.05) is 12.1 Å². The molecule has 1 aromatic heterocycles. The predicted octanol–water partition coefficient (Wildman–Crippen LogP) is 3.77. The van der Waals surface area contributed by atoms with Crippen molar-refractivity contribution in [2.45, 2.75) is 17.7 Å². The van der Waals surface area contributed by atoms with Crippen molar-refractivity contribution >= 4 is 10.0 Å². The molecule has 0 aliphatic heterocycles. The van der Waals surface area contributed by atoms with E-state index in [1.54, 1.807) is 31.4 Å². The van der Waals surface area contributed by atoms with Crippen molar-refractivity contribution in [2.24, 2.45) is 0 Å². The molecule has 0 amide bonds. The number of ether oxygens (including phenoxy) is 2. The zero-order valence-corrected chi connectivity index (χ0v) is 16.5. The zero-order valence-electron chi connectivity index (χ0n) is 15.6. The van der Waals surface area contributed by atoms with Crippen LogP contribution in [-0.4, -0.2) is 33.4 Å². The van der Waals surface area contributed by atoms with Crippen molar-refractivity contribution in [3.05, 3.63) is 60.5 Å². The molecule has 3 aromatic rings. The monoisotopic (exact) mass is 442 g/mol. The smallest absolute Gasteiger partial charge is 0.497 e. The average molecular weight is 442 g/mol. The van der Waals surface area contributed by atoms with Crippen LogP contribution in [0.4, 0.5) is 13.2 Å². The van der Waals surface area contributed by atoms with Crippen LogP contribution >= 0.6 is 0 Å². The summed E-state index contributed by atoms with van der Waals surface area (Å²) < 4.78 is 78.8. The van der Waals surface area contributed by atoms with E-state index in [9.17, 15) is 21.6 Å². The second kappa shape index (κ2) is 8.76. The zero-order chi connectivity index (χ0) is 21.8. The van der Waals surface area contributed by atoms with Crippen LogP contribution in [0.25, 0.3) is 11.5 Å². The molecule has 0 bridgehead atoms. The molecule has 0 unspecified atom stereocenters.